The molecule has 130 valence electrons. The van der Waals surface area contributed by atoms with Crippen LogP contribution in [0, 0.1) is 5.92 Å². The average Bonchev–Trinajstić information content (AvgIpc) is 2.60. The fourth-order valence-electron chi connectivity index (χ4n) is 2.67. The SMILES string of the molecule is CCOc1cc(CC(CN)c2ccccc2)ccc1OCC(C)C. The lowest BCUT2D eigenvalue weighted by Gasteiger charge is -2.18. The number of hydrogen-bond acceptors (Lipinski definition) is 3. The summed E-state index contributed by atoms with van der Waals surface area (Å²) in [4.78, 5) is 0. The molecule has 0 aliphatic heterocycles. The lowest BCUT2D eigenvalue weighted by atomic mass is 9.92. The van der Waals surface area contributed by atoms with Crippen molar-refractivity contribution in [3.8, 4) is 11.5 Å². The van der Waals surface area contributed by atoms with E-state index in [0.717, 1.165) is 17.9 Å². The first-order chi connectivity index (χ1) is 11.6. The Labute approximate surface area is 145 Å². The number of ether oxygens (including phenoxy) is 2. The molecule has 0 fully saturated rings. The summed E-state index contributed by atoms with van der Waals surface area (Å²) in [5.74, 6) is 2.43. The van der Waals surface area contributed by atoms with Crippen LogP contribution >= 0.6 is 0 Å². The Hall–Kier alpha value is -2.00. The molecule has 0 bridgehead atoms. The van der Waals surface area contributed by atoms with Gasteiger partial charge in [-0.05, 0) is 49.1 Å². The molecule has 24 heavy (non-hydrogen) atoms. The maximum Gasteiger partial charge on any atom is 0.161 e. The highest BCUT2D eigenvalue weighted by Crippen LogP contribution is 2.31. The van der Waals surface area contributed by atoms with E-state index < -0.39 is 0 Å². The summed E-state index contributed by atoms with van der Waals surface area (Å²) in [6.45, 7) is 8.21. The molecule has 3 nitrogen and oxygen atoms in total. The van der Waals surface area contributed by atoms with Gasteiger partial charge in [0.05, 0.1) is 13.2 Å². The van der Waals surface area contributed by atoms with E-state index in [2.05, 4.69) is 50.2 Å². The van der Waals surface area contributed by atoms with Crippen LogP contribution in [0.5, 0.6) is 11.5 Å². The minimum absolute atomic E-state index is 0.308. The standard InChI is InChI=1S/C21H29NO2/c1-4-23-21-13-17(10-11-20(21)24-15-16(2)3)12-19(14-22)18-8-6-5-7-9-18/h5-11,13,16,19H,4,12,14-15,22H2,1-3H3. The van der Waals surface area contributed by atoms with Crippen LogP contribution in [-0.2, 0) is 6.42 Å². The van der Waals surface area contributed by atoms with Gasteiger partial charge in [0.2, 0.25) is 0 Å². The molecule has 0 radical (unpaired) electrons. The molecule has 0 saturated carbocycles. The van der Waals surface area contributed by atoms with Gasteiger partial charge in [0.25, 0.3) is 0 Å². The highest BCUT2D eigenvalue weighted by molar-refractivity contribution is 5.43. The van der Waals surface area contributed by atoms with Gasteiger partial charge in [0.15, 0.2) is 11.5 Å². The van der Waals surface area contributed by atoms with Gasteiger partial charge in [-0.25, -0.2) is 0 Å². The van der Waals surface area contributed by atoms with Gasteiger partial charge in [-0.3, -0.25) is 0 Å². The van der Waals surface area contributed by atoms with E-state index in [4.69, 9.17) is 15.2 Å². The molecule has 2 N–H and O–H groups in total. The highest BCUT2D eigenvalue weighted by atomic mass is 16.5. The van der Waals surface area contributed by atoms with Crippen LogP contribution in [0.1, 0.15) is 37.8 Å². The third kappa shape index (κ3) is 5.27. The summed E-state index contributed by atoms with van der Waals surface area (Å²) in [5, 5.41) is 0. The van der Waals surface area contributed by atoms with Crippen molar-refractivity contribution in [3.05, 3.63) is 59.7 Å². The minimum atomic E-state index is 0.308. The van der Waals surface area contributed by atoms with Gasteiger partial charge in [-0.2, -0.15) is 0 Å². The zero-order chi connectivity index (χ0) is 17.4. The summed E-state index contributed by atoms with van der Waals surface area (Å²) in [6.07, 6.45) is 0.894. The first-order valence-corrected chi connectivity index (χ1v) is 8.77. The number of benzene rings is 2. The van der Waals surface area contributed by atoms with Gasteiger partial charge < -0.3 is 15.2 Å². The first kappa shape index (κ1) is 18.3. The van der Waals surface area contributed by atoms with Crippen molar-refractivity contribution in [2.75, 3.05) is 19.8 Å². The molecular formula is C21H29NO2. The third-order valence-electron chi connectivity index (χ3n) is 3.92. The lowest BCUT2D eigenvalue weighted by molar-refractivity contribution is 0.248. The first-order valence-electron chi connectivity index (χ1n) is 8.77. The van der Waals surface area contributed by atoms with Crippen LogP contribution in [-0.4, -0.2) is 19.8 Å². The quantitative estimate of drug-likeness (QED) is 0.742. The molecule has 0 aliphatic rings. The maximum atomic E-state index is 6.00. The molecule has 2 aromatic rings. The van der Waals surface area contributed by atoms with Crippen LogP contribution in [0.3, 0.4) is 0 Å². The van der Waals surface area contributed by atoms with Gasteiger partial charge >= 0.3 is 0 Å². The molecule has 2 rings (SSSR count). The number of rotatable bonds is 9. The van der Waals surface area contributed by atoms with E-state index in [1.807, 2.05) is 19.1 Å². The summed E-state index contributed by atoms with van der Waals surface area (Å²) in [5.41, 5.74) is 8.50. The highest BCUT2D eigenvalue weighted by Gasteiger charge is 2.13. The smallest absolute Gasteiger partial charge is 0.161 e. The Kier molecular flexibility index (Phi) is 7.13. The van der Waals surface area contributed by atoms with Crippen molar-refractivity contribution < 1.29 is 9.47 Å². The molecule has 0 saturated heterocycles. The molecule has 1 unspecified atom stereocenters. The largest absolute Gasteiger partial charge is 0.490 e. The predicted octanol–water partition coefficient (Wildman–Crippen LogP) is 4.41. The van der Waals surface area contributed by atoms with Crippen LogP contribution < -0.4 is 15.2 Å². The minimum Gasteiger partial charge on any atom is -0.490 e. The molecular weight excluding hydrogens is 298 g/mol. The Balaban J connectivity index is 2.16. The fourth-order valence-corrected chi connectivity index (χ4v) is 2.67. The fraction of sp³-hybridized carbons (Fsp3) is 0.429. The molecule has 0 heterocycles. The zero-order valence-corrected chi connectivity index (χ0v) is 15.0. The van der Waals surface area contributed by atoms with Crippen LogP contribution in [0.2, 0.25) is 0 Å². The van der Waals surface area contributed by atoms with Crippen molar-refractivity contribution in [1.29, 1.82) is 0 Å². The summed E-state index contributed by atoms with van der Waals surface area (Å²) >= 11 is 0. The van der Waals surface area contributed by atoms with Crippen molar-refractivity contribution in [3.63, 3.8) is 0 Å². The summed E-state index contributed by atoms with van der Waals surface area (Å²) in [7, 11) is 0. The van der Waals surface area contributed by atoms with Gasteiger partial charge in [-0.15, -0.1) is 0 Å². The topological polar surface area (TPSA) is 44.5 Å². The summed E-state index contributed by atoms with van der Waals surface area (Å²) < 4.78 is 11.6. The van der Waals surface area contributed by atoms with Crippen molar-refractivity contribution in [2.24, 2.45) is 11.7 Å². The Bertz CT molecular complexity index is 610. The van der Waals surface area contributed by atoms with Crippen LogP contribution in [0.25, 0.3) is 0 Å². The second-order valence-corrected chi connectivity index (χ2v) is 6.47. The van der Waals surface area contributed by atoms with Gasteiger partial charge in [0.1, 0.15) is 0 Å². The average molecular weight is 327 g/mol. The van der Waals surface area contributed by atoms with E-state index in [1.165, 1.54) is 11.1 Å². The van der Waals surface area contributed by atoms with Crippen molar-refractivity contribution in [1.82, 2.24) is 0 Å². The molecule has 0 spiro atoms. The van der Waals surface area contributed by atoms with Crippen LogP contribution in [0.15, 0.2) is 48.5 Å². The van der Waals surface area contributed by atoms with E-state index in [1.54, 1.807) is 0 Å². The van der Waals surface area contributed by atoms with Gasteiger partial charge in [-0.1, -0.05) is 50.2 Å². The second-order valence-electron chi connectivity index (χ2n) is 6.47. The van der Waals surface area contributed by atoms with E-state index in [0.29, 0.717) is 31.6 Å². The Morgan fingerprint density at radius 1 is 0.958 bits per heavy atom. The van der Waals surface area contributed by atoms with Crippen molar-refractivity contribution in [2.45, 2.75) is 33.1 Å². The molecule has 0 amide bonds. The molecule has 0 aromatic heterocycles. The zero-order valence-electron chi connectivity index (χ0n) is 15.0. The Morgan fingerprint density at radius 3 is 2.33 bits per heavy atom. The molecule has 1 atom stereocenters. The molecule has 3 heteroatoms. The van der Waals surface area contributed by atoms with Gasteiger partial charge in [0, 0.05) is 5.92 Å². The third-order valence-corrected chi connectivity index (χ3v) is 3.92. The summed E-state index contributed by atoms with van der Waals surface area (Å²) in [6, 6.07) is 16.7. The van der Waals surface area contributed by atoms with E-state index in [-0.39, 0.29) is 0 Å². The van der Waals surface area contributed by atoms with E-state index >= 15 is 0 Å². The van der Waals surface area contributed by atoms with Crippen molar-refractivity contribution >= 4 is 0 Å². The normalized spacial score (nSPS) is 12.2. The molecule has 2 aromatic carbocycles. The lowest BCUT2D eigenvalue weighted by Crippen LogP contribution is -2.15. The number of hydrogen-bond donors (Lipinski definition) is 1. The van der Waals surface area contributed by atoms with Crippen LogP contribution in [0.4, 0.5) is 0 Å². The molecule has 0 aliphatic carbocycles. The Morgan fingerprint density at radius 2 is 1.71 bits per heavy atom. The monoisotopic (exact) mass is 327 g/mol. The maximum absolute atomic E-state index is 6.00. The van der Waals surface area contributed by atoms with E-state index in [9.17, 15) is 0 Å². The predicted molar refractivity (Wildman–Crippen MR) is 99.9 cm³/mol. The second kappa shape index (κ2) is 9.33. The number of nitrogens with two attached hydrogens (primary N) is 1.